The van der Waals surface area contributed by atoms with Crippen molar-refractivity contribution < 1.29 is 64.6 Å². The smallest absolute Gasteiger partial charge is 0.220 e. The molecule has 0 aromatic carbocycles. The van der Waals surface area contributed by atoms with Gasteiger partial charge in [-0.2, -0.15) is 0 Å². The van der Waals surface area contributed by atoms with E-state index in [9.17, 15) is 45.6 Å². The van der Waals surface area contributed by atoms with Crippen LogP contribution in [0.5, 0.6) is 0 Å². The molecule has 0 spiro atoms. The Morgan fingerprint density at radius 2 is 0.720 bits per heavy atom. The highest BCUT2D eigenvalue weighted by molar-refractivity contribution is 5.76. The topological polar surface area (TPSA) is 228 Å². The van der Waals surface area contributed by atoms with Gasteiger partial charge < -0.3 is 65.1 Å². The average molecular weight is 1320 g/mol. The van der Waals surface area contributed by atoms with Crippen LogP contribution in [0.3, 0.4) is 0 Å². The first-order valence-corrected chi connectivity index (χ1v) is 39.0. The number of hydrogen-bond donors (Lipinski definition) is 9. The summed E-state index contributed by atoms with van der Waals surface area (Å²) in [6.07, 6.45) is 68.9. The molecule has 0 aliphatic carbocycles. The Balaban J connectivity index is 1.56. The Bertz CT molecular complexity index is 1790. The van der Waals surface area contributed by atoms with Crippen molar-refractivity contribution in [3.63, 3.8) is 0 Å². The minimum absolute atomic E-state index is 0.244. The van der Waals surface area contributed by atoms with Crippen molar-refractivity contribution in [2.24, 2.45) is 0 Å². The van der Waals surface area contributed by atoms with Gasteiger partial charge in [0.05, 0.1) is 32.0 Å². The molecule has 14 heteroatoms. The number of hydrogen-bond acceptors (Lipinski definition) is 13. The van der Waals surface area contributed by atoms with Crippen LogP contribution >= 0.6 is 0 Å². The van der Waals surface area contributed by atoms with E-state index < -0.39 is 86.8 Å². The molecule has 2 saturated heterocycles. The number of aliphatic hydroxyl groups excluding tert-OH is 8. The lowest BCUT2D eigenvalue weighted by Gasteiger charge is -2.46. The zero-order valence-electron chi connectivity index (χ0n) is 59.5. The molecule has 2 aliphatic heterocycles. The average Bonchev–Trinajstić information content (AvgIpc) is 0.958. The molecule has 1 amide bonds. The lowest BCUT2D eigenvalue weighted by atomic mass is 9.97. The second-order valence-corrected chi connectivity index (χ2v) is 27.5. The molecule has 2 heterocycles. The van der Waals surface area contributed by atoms with Crippen LogP contribution in [0.25, 0.3) is 0 Å². The van der Waals surface area contributed by atoms with Crippen molar-refractivity contribution in [1.82, 2.24) is 5.32 Å². The van der Waals surface area contributed by atoms with E-state index in [0.717, 1.165) is 44.9 Å². The Kier molecular flexibility index (Phi) is 58.9. The Morgan fingerprint density at radius 3 is 1.13 bits per heavy atom. The van der Waals surface area contributed by atoms with Gasteiger partial charge in [0, 0.05) is 6.42 Å². The number of rotatable bonds is 65. The normalized spacial score (nSPS) is 22.9. The number of amides is 1. The van der Waals surface area contributed by atoms with E-state index in [-0.39, 0.29) is 18.9 Å². The van der Waals surface area contributed by atoms with Crippen LogP contribution in [0.2, 0.25) is 0 Å². The highest BCUT2D eigenvalue weighted by atomic mass is 16.7. The van der Waals surface area contributed by atoms with Gasteiger partial charge in [-0.05, 0) is 70.6 Å². The molecule has 14 nitrogen and oxygen atoms in total. The molecule has 2 aliphatic rings. The van der Waals surface area contributed by atoms with Gasteiger partial charge >= 0.3 is 0 Å². The van der Waals surface area contributed by atoms with E-state index in [1.165, 1.54) is 263 Å². The second kappa shape index (κ2) is 63.2. The molecule has 544 valence electrons. The van der Waals surface area contributed by atoms with Gasteiger partial charge in [-0.1, -0.05) is 325 Å². The molecule has 0 saturated carbocycles. The summed E-state index contributed by atoms with van der Waals surface area (Å²) >= 11 is 0. The van der Waals surface area contributed by atoms with Gasteiger partial charge in [0.25, 0.3) is 0 Å². The van der Waals surface area contributed by atoms with Crippen molar-refractivity contribution in [2.75, 3.05) is 19.8 Å². The van der Waals surface area contributed by atoms with Gasteiger partial charge in [-0.25, -0.2) is 0 Å². The van der Waals surface area contributed by atoms with E-state index in [1.807, 2.05) is 6.08 Å². The van der Waals surface area contributed by atoms with E-state index in [0.29, 0.717) is 12.8 Å². The predicted octanol–water partition coefficient (Wildman–Crippen LogP) is 17.2. The molecule has 0 aromatic rings. The molecule has 12 unspecified atom stereocenters. The summed E-state index contributed by atoms with van der Waals surface area (Å²) in [4.78, 5) is 13.3. The highest BCUT2D eigenvalue weighted by Gasteiger charge is 2.51. The first-order valence-electron chi connectivity index (χ1n) is 39.0. The Hall–Kier alpha value is -2.31. The first kappa shape index (κ1) is 86.8. The lowest BCUT2D eigenvalue weighted by molar-refractivity contribution is -0.359. The minimum Gasteiger partial charge on any atom is -0.394 e. The van der Waals surface area contributed by atoms with Crippen LogP contribution in [0.4, 0.5) is 0 Å². The number of carbonyl (C=O) groups excluding carboxylic acids is 1. The van der Waals surface area contributed by atoms with Gasteiger partial charge in [-0.15, -0.1) is 0 Å². The molecule has 2 rings (SSSR count). The SMILES string of the molecule is CCCCCCC/C=C\C/C=C\C/C=C\CCCCCCCCCCCCCCCCCCCCCCCCCCCCC(=O)NC(COC1OC(CO)C(OC2OC(CO)C(O)C(O)C2O)C(O)C1O)C(O)/C=C/CC/C=C/CCCCCCCCCCCCCC. The summed E-state index contributed by atoms with van der Waals surface area (Å²) in [7, 11) is 0. The molecule has 93 heavy (non-hydrogen) atoms. The van der Waals surface area contributed by atoms with E-state index in [4.69, 9.17) is 18.9 Å². The maximum atomic E-state index is 13.3. The van der Waals surface area contributed by atoms with Crippen LogP contribution < -0.4 is 5.32 Å². The maximum absolute atomic E-state index is 13.3. The fraction of sp³-hybridized carbons (Fsp3) is 0.861. The number of unbranched alkanes of at least 4 members (excludes halogenated alkanes) is 44. The van der Waals surface area contributed by atoms with Crippen LogP contribution in [-0.2, 0) is 23.7 Å². The summed E-state index contributed by atoms with van der Waals surface area (Å²) in [5, 5.41) is 87.5. The molecule has 0 bridgehead atoms. The Labute approximate surface area is 568 Å². The summed E-state index contributed by atoms with van der Waals surface area (Å²) < 4.78 is 22.9. The quantitative estimate of drug-likeness (QED) is 0.0204. The summed E-state index contributed by atoms with van der Waals surface area (Å²) in [6.45, 7) is 2.81. The third-order valence-corrected chi connectivity index (χ3v) is 18.9. The van der Waals surface area contributed by atoms with Crippen LogP contribution in [-0.4, -0.2) is 140 Å². The largest absolute Gasteiger partial charge is 0.394 e. The summed E-state index contributed by atoms with van der Waals surface area (Å²) in [5.41, 5.74) is 0. The molecule has 12 atom stereocenters. The zero-order valence-corrected chi connectivity index (χ0v) is 59.5. The zero-order chi connectivity index (χ0) is 67.3. The number of nitrogens with one attached hydrogen (secondary N) is 1. The summed E-state index contributed by atoms with van der Waals surface area (Å²) in [5.74, 6) is -0.244. The van der Waals surface area contributed by atoms with Crippen LogP contribution in [0, 0.1) is 0 Å². The summed E-state index contributed by atoms with van der Waals surface area (Å²) in [6, 6.07) is -0.932. The van der Waals surface area contributed by atoms with Crippen molar-refractivity contribution in [2.45, 2.75) is 415 Å². The van der Waals surface area contributed by atoms with Gasteiger partial charge in [-0.3, -0.25) is 4.79 Å². The van der Waals surface area contributed by atoms with Crippen LogP contribution in [0.15, 0.2) is 60.8 Å². The monoisotopic (exact) mass is 1320 g/mol. The van der Waals surface area contributed by atoms with E-state index >= 15 is 0 Å². The van der Waals surface area contributed by atoms with Crippen molar-refractivity contribution in [3.05, 3.63) is 60.8 Å². The van der Waals surface area contributed by atoms with E-state index in [2.05, 4.69) is 67.8 Å². The first-order chi connectivity index (χ1) is 45.6. The lowest BCUT2D eigenvalue weighted by Crippen LogP contribution is -2.65. The molecule has 0 aromatic heterocycles. The second-order valence-electron chi connectivity index (χ2n) is 27.5. The van der Waals surface area contributed by atoms with E-state index in [1.54, 1.807) is 6.08 Å². The van der Waals surface area contributed by atoms with Crippen molar-refractivity contribution in [3.8, 4) is 0 Å². The molecule has 9 N–H and O–H groups in total. The molecular formula is C79H145NO13. The third-order valence-electron chi connectivity index (χ3n) is 18.9. The molecular weight excluding hydrogens is 1170 g/mol. The van der Waals surface area contributed by atoms with Gasteiger partial charge in [0.15, 0.2) is 12.6 Å². The molecule has 2 fully saturated rings. The highest BCUT2D eigenvalue weighted by Crippen LogP contribution is 2.30. The number of ether oxygens (including phenoxy) is 4. The van der Waals surface area contributed by atoms with Crippen molar-refractivity contribution in [1.29, 1.82) is 0 Å². The number of aliphatic hydroxyl groups is 8. The third kappa shape index (κ3) is 46.6. The van der Waals surface area contributed by atoms with Gasteiger partial charge in [0.2, 0.25) is 5.91 Å². The molecule has 0 radical (unpaired) electrons. The van der Waals surface area contributed by atoms with Crippen LogP contribution in [0.1, 0.15) is 341 Å². The Morgan fingerprint density at radius 1 is 0.387 bits per heavy atom. The van der Waals surface area contributed by atoms with Gasteiger partial charge in [0.1, 0.15) is 48.8 Å². The predicted molar refractivity (Wildman–Crippen MR) is 383 cm³/mol. The maximum Gasteiger partial charge on any atom is 0.220 e. The number of carbonyl (C=O) groups is 1. The fourth-order valence-corrected chi connectivity index (χ4v) is 12.7. The van der Waals surface area contributed by atoms with Crippen molar-refractivity contribution >= 4 is 5.91 Å². The fourth-order valence-electron chi connectivity index (χ4n) is 12.7. The standard InChI is InChI=1S/C79H145NO13/c1-3-5-7-9-11-13-15-17-19-21-23-24-25-26-27-28-29-30-31-32-33-34-35-36-37-38-39-40-41-42-43-44-45-47-49-51-53-55-57-59-61-63-71(84)80-67(68(83)62-60-58-56-54-52-50-48-46-22-20-18-16-14-12-10-8-6-4-2)66-90-78-76(89)74(87)77(70(65-82)92-78)93-79-75(88)73(86)72(85)69(64-81)91-79/h15,17,21,23,25-26,52,54,60,62,67-70,72-79,81-83,85-89H,3-14,16,18-20,22,24,27-51,53,55-59,61,63-66H2,1-2H3,(H,80,84)/b17-15-,23-21-,26-25-,54-52+,62-60+. The number of allylic oxidation sites excluding steroid dienone is 9. The minimum atomic E-state index is -1.79.